The molecule has 0 aromatic heterocycles. The van der Waals surface area contributed by atoms with Crippen molar-refractivity contribution in [1.29, 1.82) is 0 Å². The molecular formula is C18H34Cl2PRu+. The van der Waals surface area contributed by atoms with Crippen molar-refractivity contribution in [3.8, 4) is 0 Å². The molecule has 3 rings (SSSR count). The van der Waals surface area contributed by atoms with Crippen molar-refractivity contribution in [3.63, 3.8) is 0 Å². The average molecular weight is 453 g/mol. The molecule has 0 aromatic carbocycles. The number of halogens is 2. The predicted octanol–water partition coefficient (Wildman–Crippen LogP) is 7.58. The van der Waals surface area contributed by atoms with Gasteiger partial charge < -0.3 is 0 Å². The van der Waals surface area contributed by atoms with Gasteiger partial charge in [-0.25, -0.2) is 0 Å². The van der Waals surface area contributed by atoms with Gasteiger partial charge in [0.15, 0.2) is 0 Å². The minimum atomic E-state index is -0.346. The SMILES string of the molecule is C1CCC([PH+](C2CCCCC2)C2CCCCC2)CC1.[Cl][Ru][Cl]. The van der Waals surface area contributed by atoms with Gasteiger partial charge in [-0.2, -0.15) is 0 Å². The second kappa shape index (κ2) is 12.1. The van der Waals surface area contributed by atoms with E-state index in [1.165, 1.54) is 17.0 Å². The van der Waals surface area contributed by atoms with Crippen LogP contribution in [0.1, 0.15) is 96.3 Å². The first-order valence-electron chi connectivity index (χ1n) is 9.58. The summed E-state index contributed by atoms with van der Waals surface area (Å²) in [4.78, 5) is 0. The Morgan fingerprint density at radius 1 is 0.500 bits per heavy atom. The van der Waals surface area contributed by atoms with Crippen LogP contribution in [0.25, 0.3) is 0 Å². The first kappa shape index (κ1) is 20.0. The van der Waals surface area contributed by atoms with Gasteiger partial charge in [-0.05, 0) is 77.0 Å². The molecule has 0 unspecified atom stereocenters. The van der Waals surface area contributed by atoms with Crippen LogP contribution in [-0.2, 0) is 15.1 Å². The molecule has 0 nitrogen and oxygen atoms in total. The molecule has 132 valence electrons. The topological polar surface area (TPSA) is 0 Å². The molecule has 0 radical (unpaired) electrons. The molecule has 3 saturated carbocycles. The van der Waals surface area contributed by atoms with Crippen molar-refractivity contribution in [3.05, 3.63) is 0 Å². The number of hydrogen-bond donors (Lipinski definition) is 0. The van der Waals surface area contributed by atoms with E-state index in [2.05, 4.69) is 0 Å². The first-order valence-corrected chi connectivity index (χ1v) is 15.8. The van der Waals surface area contributed by atoms with E-state index in [1.807, 2.05) is 0 Å². The summed E-state index contributed by atoms with van der Waals surface area (Å²) in [5, 5.41) is 0. The summed E-state index contributed by atoms with van der Waals surface area (Å²) in [7, 11) is 9.66. The van der Waals surface area contributed by atoms with Crippen LogP contribution in [0.15, 0.2) is 0 Å². The zero-order chi connectivity index (χ0) is 15.6. The van der Waals surface area contributed by atoms with Crippen molar-refractivity contribution in [1.82, 2.24) is 0 Å². The fourth-order valence-corrected chi connectivity index (χ4v) is 10.5. The third kappa shape index (κ3) is 6.50. The van der Waals surface area contributed by atoms with Gasteiger partial charge in [0, 0.05) is 7.92 Å². The second-order valence-electron chi connectivity index (χ2n) is 7.56. The molecule has 0 aliphatic heterocycles. The monoisotopic (exact) mass is 453 g/mol. The molecule has 0 aromatic rings. The van der Waals surface area contributed by atoms with Crippen LogP contribution in [0, 0.1) is 0 Å². The summed E-state index contributed by atoms with van der Waals surface area (Å²) in [6.45, 7) is 0. The number of rotatable bonds is 3. The molecule has 0 spiro atoms. The summed E-state index contributed by atoms with van der Waals surface area (Å²) >= 11 is -0.346. The van der Waals surface area contributed by atoms with Crippen molar-refractivity contribution >= 4 is 27.3 Å². The van der Waals surface area contributed by atoms with Crippen LogP contribution in [0.2, 0.25) is 0 Å². The van der Waals surface area contributed by atoms with E-state index in [0.29, 0.717) is 0 Å². The van der Waals surface area contributed by atoms with Gasteiger partial charge in [-0.15, -0.1) is 0 Å². The molecule has 0 N–H and O–H groups in total. The van der Waals surface area contributed by atoms with Crippen molar-refractivity contribution < 1.29 is 15.1 Å². The molecule has 22 heavy (non-hydrogen) atoms. The van der Waals surface area contributed by atoms with E-state index in [-0.39, 0.29) is 23.1 Å². The van der Waals surface area contributed by atoms with E-state index in [4.69, 9.17) is 19.4 Å². The van der Waals surface area contributed by atoms with Gasteiger partial charge in [0.05, 0.1) is 17.0 Å². The molecule has 0 bridgehead atoms. The third-order valence-electron chi connectivity index (χ3n) is 6.23. The van der Waals surface area contributed by atoms with Gasteiger partial charge >= 0.3 is 34.5 Å². The Labute approximate surface area is 155 Å². The first-order chi connectivity index (χ1) is 10.9. The summed E-state index contributed by atoms with van der Waals surface area (Å²) < 4.78 is 0. The van der Waals surface area contributed by atoms with Crippen LogP contribution >= 0.6 is 27.3 Å². The normalized spacial score (nSPS) is 26.0. The van der Waals surface area contributed by atoms with Crippen molar-refractivity contribution in [2.45, 2.75) is 113 Å². The van der Waals surface area contributed by atoms with Crippen LogP contribution in [0.3, 0.4) is 0 Å². The Morgan fingerprint density at radius 3 is 0.955 bits per heavy atom. The Balaban J connectivity index is 0.000000545. The molecule has 0 atom stereocenters. The van der Waals surface area contributed by atoms with Crippen molar-refractivity contribution in [2.75, 3.05) is 0 Å². The Hall–Kier alpha value is 1.63. The quantitative estimate of drug-likeness (QED) is 0.305. The molecule has 3 fully saturated rings. The second-order valence-corrected chi connectivity index (χ2v) is 13.6. The van der Waals surface area contributed by atoms with E-state index < -0.39 is 0 Å². The molecular weight excluding hydrogens is 419 g/mol. The number of hydrogen-bond acceptors (Lipinski definition) is 0. The molecule has 4 heteroatoms. The van der Waals surface area contributed by atoms with E-state index in [9.17, 15) is 0 Å². The van der Waals surface area contributed by atoms with Gasteiger partial charge in [0.1, 0.15) is 0 Å². The van der Waals surface area contributed by atoms with Crippen LogP contribution < -0.4 is 0 Å². The average Bonchev–Trinajstić information content (AvgIpc) is 2.59. The molecule has 3 aliphatic rings. The Bertz CT molecular complexity index is 229. The zero-order valence-corrected chi connectivity index (χ0v) is 18.2. The molecule has 0 heterocycles. The van der Waals surface area contributed by atoms with Gasteiger partial charge in [-0.1, -0.05) is 19.3 Å². The maximum absolute atomic E-state index is 4.85. The fourth-order valence-electron chi connectivity index (χ4n) is 5.31. The third-order valence-corrected chi connectivity index (χ3v) is 10.8. The van der Waals surface area contributed by atoms with Gasteiger partial charge in [0.2, 0.25) is 0 Å². The van der Waals surface area contributed by atoms with Crippen LogP contribution in [0.5, 0.6) is 0 Å². The molecule has 0 amide bonds. The summed E-state index contributed by atoms with van der Waals surface area (Å²) in [5.74, 6) is 0. The molecule has 0 saturated heterocycles. The van der Waals surface area contributed by atoms with Crippen LogP contribution in [-0.4, -0.2) is 17.0 Å². The van der Waals surface area contributed by atoms with Gasteiger partial charge in [0.25, 0.3) is 0 Å². The van der Waals surface area contributed by atoms with E-state index in [0.717, 1.165) is 0 Å². The van der Waals surface area contributed by atoms with Crippen molar-refractivity contribution in [2.24, 2.45) is 0 Å². The van der Waals surface area contributed by atoms with Crippen LogP contribution in [0.4, 0.5) is 0 Å². The maximum atomic E-state index is 4.85. The summed E-state index contributed by atoms with van der Waals surface area (Å²) in [5.41, 5.74) is 3.68. The Morgan fingerprint density at radius 2 is 0.727 bits per heavy atom. The minimum absolute atomic E-state index is 0.0465. The van der Waals surface area contributed by atoms with E-state index in [1.54, 1.807) is 96.3 Å². The molecule has 3 aliphatic carbocycles. The Kier molecular flexibility index (Phi) is 10.9. The van der Waals surface area contributed by atoms with Gasteiger partial charge in [-0.3, -0.25) is 0 Å². The predicted molar refractivity (Wildman–Crippen MR) is 101 cm³/mol. The fraction of sp³-hybridized carbons (Fsp3) is 1.00. The van der Waals surface area contributed by atoms with E-state index >= 15 is 0 Å². The summed E-state index contributed by atoms with van der Waals surface area (Å²) in [6, 6.07) is 0. The summed E-state index contributed by atoms with van der Waals surface area (Å²) in [6.07, 6.45) is 23.8. The standard InChI is InChI=1S/C18H33P.2ClH.Ru/c1-4-10-16(11-5-1)19(17-12-6-2-7-13-17)18-14-8-3-9-15-18;;;/h16-18H,1-15H2;2*1H;/q;;;+2/p-1. The zero-order valence-electron chi connectivity index (χ0n) is 13.9.